The summed E-state index contributed by atoms with van der Waals surface area (Å²) in [6.07, 6.45) is 4.57. The fourth-order valence-electron chi connectivity index (χ4n) is 4.24. The highest BCUT2D eigenvalue weighted by atomic mass is 16.5. The largest absolute Gasteiger partial charge is 0.484 e. The summed E-state index contributed by atoms with van der Waals surface area (Å²) < 4.78 is 11.6. The second kappa shape index (κ2) is 8.74. The first kappa shape index (κ1) is 20.2. The predicted molar refractivity (Wildman–Crippen MR) is 118 cm³/mol. The molecule has 0 saturated heterocycles. The van der Waals surface area contributed by atoms with Gasteiger partial charge in [0.25, 0.3) is 5.91 Å². The van der Waals surface area contributed by atoms with Gasteiger partial charge in [-0.2, -0.15) is 0 Å². The SMILES string of the molecule is Cc1oc2cc(OCC(=O)N[C@H]3CCCC[C@H]3C)ccc2c(=O)c1-c1ccccc1. The maximum Gasteiger partial charge on any atom is 0.258 e. The van der Waals surface area contributed by atoms with E-state index in [1.807, 2.05) is 30.3 Å². The average molecular weight is 405 g/mol. The normalized spacial score (nSPS) is 18.9. The van der Waals surface area contributed by atoms with E-state index < -0.39 is 0 Å². The molecule has 1 aromatic heterocycles. The van der Waals surface area contributed by atoms with Crippen molar-refractivity contribution in [3.8, 4) is 16.9 Å². The smallest absolute Gasteiger partial charge is 0.258 e. The zero-order valence-electron chi connectivity index (χ0n) is 17.4. The summed E-state index contributed by atoms with van der Waals surface area (Å²) in [6, 6.07) is 14.8. The third-order valence-corrected chi connectivity index (χ3v) is 5.93. The zero-order valence-corrected chi connectivity index (χ0v) is 17.4. The summed E-state index contributed by atoms with van der Waals surface area (Å²) in [7, 11) is 0. The molecule has 156 valence electrons. The van der Waals surface area contributed by atoms with Crippen LogP contribution in [0.4, 0.5) is 0 Å². The quantitative estimate of drug-likeness (QED) is 0.659. The van der Waals surface area contributed by atoms with Gasteiger partial charge in [0.05, 0.1) is 10.9 Å². The van der Waals surface area contributed by atoms with Gasteiger partial charge in [0.15, 0.2) is 6.61 Å². The van der Waals surface area contributed by atoms with Crippen LogP contribution in [0, 0.1) is 12.8 Å². The molecule has 0 spiro atoms. The molecule has 1 heterocycles. The van der Waals surface area contributed by atoms with Gasteiger partial charge < -0.3 is 14.5 Å². The fraction of sp³-hybridized carbons (Fsp3) is 0.360. The van der Waals surface area contributed by atoms with Gasteiger partial charge in [-0.1, -0.05) is 50.1 Å². The molecule has 1 saturated carbocycles. The number of benzene rings is 2. The second-order valence-corrected chi connectivity index (χ2v) is 8.11. The average Bonchev–Trinajstić information content (AvgIpc) is 2.74. The van der Waals surface area contributed by atoms with Crippen LogP contribution in [0.1, 0.15) is 38.4 Å². The van der Waals surface area contributed by atoms with Crippen LogP contribution in [0.3, 0.4) is 0 Å². The third kappa shape index (κ3) is 4.25. The summed E-state index contributed by atoms with van der Waals surface area (Å²) in [6.45, 7) is 3.91. The van der Waals surface area contributed by atoms with Gasteiger partial charge in [-0.3, -0.25) is 9.59 Å². The predicted octanol–water partition coefficient (Wildman–Crippen LogP) is 4.84. The first-order chi connectivity index (χ1) is 14.5. The van der Waals surface area contributed by atoms with E-state index in [9.17, 15) is 9.59 Å². The lowest BCUT2D eigenvalue weighted by molar-refractivity contribution is -0.124. The number of ether oxygens (including phenoxy) is 1. The summed E-state index contributed by atoms with van der Waals surface area (Å²) in [5.74, 6) is 1.44. The van der Waals surface area contributed by atoms with Crippen LogP contribution in [0.2, 0.25) is 0 Å². The van der Waals surface area contributed by atoms with Crippen LogP contribution in [-0.4, -0.2) is 18.6 Å². The van der Waals surface area contributed by atoms with E-state index in [1.54, 1.807) is 25.1 Å². The highest BCUT2D eigenvalue weighted by Gasteiger charge is 2.23. The number of fused-ring (bicyclic) bond motifs is 1. The molecule has 2 atom stereocenters. The van der Waals surface area contributed by atoms with Crippen molar-refractivity contribution in [2.45, 2.75) is 45.6 Å². The Balaban J connectivity index is 1.50. The molecule has 30 heavy (non-hydrogen) atoms. The molecule has 1 fully saturated rings. The number of aryl methyl sites for hydroxylation is 1. The molecule has 1 amide bonds. The van der Waals surface area contributed by atoms with Crippen LogP contribution in [-0.2, 0) is 4.79 Å². The Bertz CT molecular complexity index is 1100. The number of rotatable bonds is 5. The lowest BCUT2D eigenvalue weighted by Crippen LogP contribution is -2.43. The zero-order chi connectivity index (χ0) is 21.1. The van der Waals surface area contributed by atoms with E-state index in [-0.39, 0.29) is 24.0 Å². The molecular formula is C25H27NO4. The van der Waals surface area contributed by atoms with Gasteiger partial charge in [0.1, 0.15) is 17.1 Å². The molecule has 5 heteroatoms. The van der Waals surface area contributed by atoms with E-state index in [0.29, 0.717) is 34.0 Å². The fourth-order valence-corrected chi connectivity index (χ4v) is 4.24. The Morgan fingerprint density at radius 3 is 2.67 bits per heavy atom. The van der Waals surface area contributed by atoms with Crippen molar-refractivity contribution < 1.29 is 13.9 Å². The van der Waals surface area contributed by atoms with Crippen molar-refractivity contribution >= 4 is 16.9 Å². The van der Waals surface area contributed by atoms with Gasteiger partial charge >= 0.3 is 0 Å². The Morgan fingerprint density at radius 1 is 1.13 bits per heavy atom. The molecule has 0 aliphatic heterocycles. The molecule has 1 aliphatic rings. The minimum Gasteiger partial charge on any atom is -0.484 e. The van der Waals surface area contributed by atoms with Gasteiger partial charge in [-0.15, -0.1) is 0 Å². The summed E-state index contributed by atoms with van der Waals surface area (Å²) >= 11 is 0. The number of amides is 1. The minimum atomic E-state index is -0.120. The summed E-state index contributed by atoms with van der Waals surface area (Å²) in [5.41, 5.74) is 1.78. The van der Waals surface area contributed by atoms with E-state index in [4.69, 9.17) is 9.15 Å². The van der Waals surface area contributed by atoms with Gasteiger partial charge in [-0.25, -0.2) is 0 Å². The molecule has 1 N–H and O–H groups in total. The number of carbonyl (C=O) groups is 1. The highest BCUT2D eigenvalue weighted by Crippen LogP contribution is 2.26. The lowest BCUT2D eigenvalue weighted by atomic mass is 9.86. The van der Waals surface area contributed by atoms with Crippen LogP contribution >= 0.6 is 0 Å². The maximum absolute atomic E-state index is 13.0. The molecule has 0 unspecified atom stereocenters. The van der Waals surface area contributed by atoms with E-state index in [0.717, 1.165) is 24.8 Å². The first-order valence-electron chi connectivity index (χ1n) is 10.6. The Morgan fingerprint density at radius 2 is 1.90 bits per heavy atom. The monoisotopic (exact) mass is 405 g/mol. The van der Waals surface area contributed by atoms with Crippen LogP contribution in [0.25, 0.3) is 22.1 Å². The molecular weight excluding hydrogens is 378 g/mol. The maximum atomic E-state index is 13.0. The number of carbonyl (C=O) groups excluding carboxylic acids is 1. The molecule has 0 radical (unpaired) electrons. The Labute approximate surface area is 176 Å². The third-order valence-electron chi connectivity index (χ3n) is 5.93. The van der Waals surface area contributed by atoms with E-state index in [2.05, 4.69) is 12.2 Å². The second-order valence-electron chi connectivity index (χ2n) is 8.11. The van der Waals surface area contributed by atoms with E-state index >= 15 is 0 Å². The van der Waals surface area contributed by atoms with Gasteiger partial charge in [0.2, 0.25) is 5.43 Å². The molecule has 5 nitrogen and oxygen atoms in total. The standard InChI is InChI=1S/C25H27NO4/c1-16-8-6-7-11-21(16)26-23(27)15-29-19-12-13-20-22(14-19)30-17(2)24(25(20)28)18-9-4-3-5-10-18/h3-5,9-10,12-14,16,21H,6-8,11,15H2,1-2H3,(H,26,27)/t16-,21+/m1/s1. The lowest BCUT2D eigenvalue weighted by Gasteiger charge is -2.29. The van der Waals surface area contributed by atoms with Crippen molar-refractivity contribution in [3.05, 3.63) is 64.5 Å². The van der Waals surface area contributed by atoms with Crippen molar-refractivity contribution in [2.75, 3.05) is 6.61 Å². The summed E-state index contributed by atoms with van der Waals surface area (Å²) in [5, 5.41) is 3.58. The molecule has 2 aromatic carbocycles. The number of hydrogen-bond acceptors (Lipinski definition) is 4. The van der Waals surface area contributed by atoms with Gasteiger partial charge in [0, 0.05) is 12.1 Å². The van der Waals surface area contributed by atoms with E-state index in [1.165, 1.54) is 6.42 Å². The van der Waals surface area contributed by atoms with Crippen LogP contribution < -0.4 is 15.5 Å². The van der Waals surface area contributed by atoms with Crippen molar-refractivity contribution in [1.29, 1.82) is 0 Å². The summed E-state index contributed by atoms with van der Waals surface area (Å²) in [4.78, 5) is 25.3. The number of nitrogens with one attached hydrogen (secondary N) is 1. The molecule has 1 aliphatic carbocycles. The molecule has 3 aromatic rings. The Hall–Kier alpha value is -3.08. The molecule has 4 rings (SSSR count). The van der Waals surface area contributed by atoms with Crippen molar-refractivity contribution in [2.24, 2.45) is 5.92 Å². The van der Waals surface area contributed by atoms with Crippen LogP contribution in [0.15, 0.2) is 57.7 Å². The highest BCUT2D eigenvalue weighted by molar-refractivity contribution is 5.84. The van der Waals surface area contributed by atoms with Crippen molar-refractivity contribution in [1.82, 2.24) is 5.32 Å². The van der Waals surface area contributed by atoms with Crippen LogP contribution in [0.5, 0.6) is 5.75 Å². The number of hydrogen-bond donors (Lipinski definition) is 1. The minimum absolute atomic E-state index is 0.0555. The first-order valence-corrected chi connectivity index (χ1v) is 10.6. The topological polar surface area (TPSA) is 68.5 Å². The van der Waals surface area contributed by atoms with Gasteiger partial charge in [-0.05, 0) is 43.4 Å². The van der Waals surface area contributed by atoms with Crippen molar-refractivity contribution in [3.63, 3.8) is 0 Å². The molecule has 0 bridgehead atoms. The Kier molecular flexibility index (Phi) is 5.88.